The van der Waals surface area contributed by atoms with E-state index in [0.29, 0.717) is 5.92 Å². The lowest BCUT2D eigenvalue weighted by atomic mass is 9.77. The Balaban J connectivity index is 1.53. The van der Waals surface area contributed by atoms with E-state index in [1.807, 2.05) is 0 Å². The minimum atomic E-state index is 0.702. The molecule has 0 radical (unpaired) electrons. The molecule has 2 heteroatoms. The van der Waals surface area contributed by atoms with E-state index < -0.39 is 0 Å². The topological polar surface area (TPSA) is 12.0 Å². The van der Waals surface area contributed by atoms with Gasteiger partial charge < -0.3 is 5.32 Å². The second-order valence-corrected chi connectivity index (χ2v) is 6.17. The zero-order valence-electron chi connectivity index (χ0n) is 11.1. The average molecular weight is 316 g/mol. The van der Waals surface area contributed by atoms with Crippen LogP contribution in [-0.2, 0) is 13.0 Å². The number of hydrogen-bond donors (Lipinski definition) is 1. The molecule has 0 saturated carbocycles. The van der Waals surface area contributed by atoms with Gasteiger partial charge in [-0.2, -0.15) is 0 Å². The largest absolute Gasteiger partial charge is 0.312 e. The summed E-state index contributed by atoms with van der Waals surface area (Å²) in [7, 11) is 0. The Morgan fingerprint density at radius 3 is 2.84 bits per heavy atom. The first-order valence-electron chi connectivity index (χ1n) is 6.77. The molecule has 1 aliphatic rings. The van der Waals surface area contributed by atoms with Gasteiger partial charge in [-0.3, -0.25) is 0 Å². The summed E-state index contributed by atoms with van der Waals surface area (Å²) < 4.78 is 1.18. The van der Waals surface area contributed by atoms with Crippen molar-refractivity contribution >= 4 is 15.9 Å². The fourth-order valence-electron chi connectivity index (χ4n) is 2.75. The van der Waals surface area contributed by atoms with Gasteiger partial charge in [0.2, 0.25) is 0 Å². The third kappa shape index (κ3) is 2.75. The van der Waals surface area contributed by atoms with Crippen LogP contribution in [0.4, 0.5) is 0 Å². The molecule has 3 rings (SSSR count). The van der Waals surface area contributed by atoms with Crippen molar-refractivity contribution in [2.75, 3.05) is 6.54 Å². The smallest absolute Gasteiger partial charge is 0.0205 e. The molecule has 0 saturated heterocycles. The van der Waals surface area contributed by atoms with Crippen molar-refractivity contribution in [3.63, 3.8) is 0 Å². The first-order chi connectivity index (χ1) is 9.24. The molecule has 98 valence electrons. The lowest BCUT2D eigenvalue weighted by Crippen LogP contribution is -2.28. The zero-order chi connectivity index (χ0) is 13.2. The van der Waals surface area contributed by atoms with Crippen LogP contribution in [0.15, 0.2) is 46.9 Å². The summed E-state index contributed by atoms with van der Waals surface area (Å²) in [6.45, 7) is 4.16. The maximum atomic E-state index is 3.58. The maximum absolute atomic E-state index is 3.58. The monoisotopic (exact) mass is 315 g/mol. The molecule has 2 aromatic carbocycles. The third-order valence-corrected chi connectivity index (χ3v) is 4.79. The molecule has 19 heavy (non-hydrogen) atoms. The van der Waals surface area contributed by atoms with Gasteiger partial charge in [0.05, 0.1) is 0 Å². The summed E-state index contributed by atoms with van der Waals surface area (Å²) in [5.41, 5.74) is 5.71. The molecule has 0 aromatic heterocycles. The van der Waals surface area contributed by atoms with Crippen LogP contribution in [-0.4, -0.2) is 6.54 Å². The molecule has 0 bridgehead atoms. The second kappa shape index (κ2) is 5.48. The summed E-state index contributed by atoms with van der Waals surface area (Å²) in [4.78, 5) is 0. The van der Waals surface area contributed by atoms with Gasteiger partial charge in [-0.25, -0.2) is 0 Å². The van der Waals surface area contributed by atoms with Gasteiger partial charge in [-0.05, 0) is 41.7 Å². The quantitative estimate of drug-likeness (QED) is 0.892. The van der Waals surface area contributed by atoms with Crippen LogP contribution in [0.1, 0.15) is 28.2 Å². The minimum Gasteiger partial charge on any atom is -0.312 e. The van der Waals surface area contributed by atoms with Crippen LogP contribution < -0.4 is 5.32 Å². The summed E-state index contributed by atoms with van der Waals surface area (Å²) in [5.74, 6) is 0.702. The zero-order valence-corrected chi connectivity index (χ0v) is 12.7. The van der Waals surface area contributed by atoms with Crippen LogP contribution in [0.2, 0.25) is 0 Å². The van der Waals surface area contributed by atoms with Crippen LogP contribution in [0.25, 0.3) is 0 Å². The van der Waals surface area contributed by atoms with E-state index in [0.717, 1.165) is 13.1 Å². The summed E-state index contributed by atoms with van der Waals surface area (Å²) >= 11 is 3.54. The molecule has 1 aliphatic carbocycles. The summed E-state index contributed by atoms with van der Waals surface area (Å²) in [6, 6.07) is 15.3. The Bertz CT molecular complexity index is 592. The van der Waals surface area contributed by atoms with E-state index in [4.69, 9.17) is 0 Å². The lowest BCUT2D eigenvalue weighted by Gasteiger charge is -2.30. The number of hydrogen-bond acceptors (Lipinski definition) is 1. The number of nitrogens with one attached hydrogen (secondary N) is 1. The number of benzene rings is 2. The lowest BCUT2D eigenvalue weighted by molar-refractivity contribution is 0.535. The van der Waals surface area contributed by atoms with Crippen LogP contribution in [0.3, 0.4) is 0 Å². The number of halogens is 1. The molecule has 1 nitrogen and oxygen atoms in total. The van der Waals surface area contributed by atoms with Gasteiger partial charge in [0.25, 0.3) is 0 Å². The fourth-order valence-corrected chi connectivity index (χ4v) is 3.00. The van der Waals surface area contributed by atoms with Gasteiger partial charge >= 0.3 is 0 Å². The normalized spacial score (nSPS) is 16.8. The van der Waals surface area contributed by atoms with E-state index in [-0.39, 0.29) is 0 Å². The van der Waals surface area contributed by atoms with Crippen molar-refractivity contribution in [1.82, 2.24) is 5.32 Å². The Labute approximate surface area is 123 Å². The summed E-state index contributed by atoms with van der Waals surface area (Å²) in [5, 5.41) is 3.58. The van der Waals surface area contributed by atoms with Gasteiger partial charge in [-0.1, -0.05) is 52.3 Å². The van der Waals surface area contributed by atoms with Gasteiger partial charge in [0.1, 0.15) is 0 Å². The first-order valence-corrected chi connectivity index (χ1v) is 7.57. The van der Waals surface area contributed by atoms with Crippen molar-refractivity contribution in [3.8, 4) is 0 Å². The van der Waals surface area contributed by atoms with Gasteiger partial charge in [0.15, 0.2) is 0 Å². The highest BCUT2D eigenvalue weighted by Crippen LogP contribution is 2.34. The molecular formula is C17H18BrN. The van der Waals surface area contributed by atoms with Crippen molar-refractivity contribution in [1.29, 1.82) is 0 Å². The van der Waals surface area contributed by atoms with E-state index in [9.17, 15) is 0 Å². The SMILES string of the molecule is Cc1cc(CNCC2Cc3ccccc32)ccc1Br. The average Bonchev–Trinajstić information content (AvgIpc) is 2.39. The van der Waals surface area contributed by atoms with E-state index in [1.54, 1.807) is 0 Å². The highest BCUT2D eigenvalue weighted by Gasteiger charge is 2.24. The van der Waals surface area contributed by atoms with Crippen molar-refractivity contribution in [2.24, 2.45) is 0 Å². The molecule has 0 heterocycles. The molecule has 0 spiro atoms. The number of fused-ring (bicyclic) bond motifs is 1. The Morgan fingerprint density at radius 2 is 2.05 bits per heavy atom. The van der Waals surface area contributed by atoms with Gasteiger partial charge in [0, 0.05) is 23.5 Å². The van der Waals surface area contributed by atoms with Crippen molar-refractivity contribution < 1.29 is 0 Å². The van der Waals surface area contributed by atoms with Crippen molar-refractivity contribution in [2.45, 2.75) is 25.8 Å². The minimum absolute atomic E-state index is 0.702. The highest BCUT2D eigenvalue weighted by atomic mass is 79.9. The summed E-state index contributed by atoms with van der Waals surface area (Å²) in [6.07, 6.45) is 1.22. The fraction of sp³-hybridized carbons (Fsp3) is 0.294. The van der Waals surface area contributed by atoms with Crippen LogP contribution >= 0.6 is 15.9 Å². The van der Waals surface area contributed by atoms with Crippen LogP contribution in [0, 0.1) is 6.92 Å². The Kier molecular flexibility index (Phi) is 3.72. The van der Waals surface area contributed by atoms with Crippen LogP contribution in [0.5, 0.6) is 0 Å². The standard InChI is InChI=1S/C17H18BrN/c1-12-8-13(6-7-17(12)18)10-19-11-15-9-14-4-2-3-5-16(14)15/h2-8,15,19H,9-11H2,1H3. The molecule has 0 amide bonds. The van der Waals surface area contributed by atoms with E-state index in [1.165, 1.54) is 33.1 Å². The molecule has 1 N–H and O–H groups in total. The molecule has 0 fully saturated rings. The van der Waals surface area contributed by atoms with Crippen molar-refractivity contribution in [3.05, 3.63) is 69.2 Å². The Morgan fingerprint density at radius 1 is 1.21 bits per heavy atom. The highest BCUT2D eigenvalue weighted by molar-refractivity contribution is 9.10. The molecule has 0 aliphatic heterocycles. The number of rotatable bonds is 4. The first kappa shape index (κ1) is 12.9. The maximum Gasteiger partial charge on any atom is 0.0205 e. The number of aryl methyl sites for hydroxylation is 1. The van der Waals surface area contributed by atoms with E-state index >= 15 is 0 Å². The predicted molar refractivity (Wildman–Crippen MR) is 83.5 cm³/mol. The van der Waals surface area contributed by atoms with E-state index in [2.05, 4.69) is 70.6 Å². The van der Waals surface area contributed by atoms with Gasteiger partial charge in [-0.15, -0.1) is 0 Å². The predicted octanol–water partition coefficient (Wildman–Crippen LogP) is 4.19. The molecular weight excluding hydrogens is 298 g/mol. The third-order valence-electron chi connectivity index (χ3n) is 3.90. The second-order valence-electron chi connectivity index (χ2n) is 5.31. The molecule has 1 atom stereocenters. The molecule has 1 unspecified atom stereocenters. The molecule has 2 aromatic rings. The Hall–Kier alpha value is -1.12.